The van der Waals surface area contributed by atoms with E-state index in [0.717, 1.165) is 15.7 Å². The summed E-state index contributed by atoms with van der Waals surface area (Å²) in [7, 11) is 0. The van der Waals surface area contributed by atoms with Gasteiger partial charge in [-0.15, -0.1) is 0 Å². The molecular weight excluding hydrogens is 356 g/mol. The molecule has 0 bridgehead atoms. The molecule has 4 nitrogen and oxygen atoms in total. The summed E-state index contributed by atoms with van der Waals surface area (Å²) < 4.78 is 6.13. The molecule has 0 saturated carbocycles. The average molecular weight is 378 g/mol. The second-order valence-corrected chi connectivity index (χ2v) is 7.27. The van der Waals surface area contributed by atoms with Crippen molar-refractivity contribution in [2.75, 3.05) is 11.9 Å². The van der Waals surface area contributed by atoms with Crippen molar-refractivity contribution >= 4 is 39.3 Å². The fraction of sp³-hybridized carbons (Fsp3) is 0.533. The predicted molar refractivity (Wildman–Crippen MR) is 91.2 cm³/mol. The minimum atomic E-state index is -0.492. The van der Waals surface area contributed by atoms with Gasteiger partial charge < -0.3 is 15.4 Å². The average Bonchev–Trinajstić information content (AvgIpc) is 2.31. The molecule has 0 saturated heterocycles. The summed E-state index contributed by atoms with van der Waals surface area (Å²) in [5.74, 6) is 0. The number of benzene rings is 1. The van der Waals surface area contributed by atoms with Crippen molar-refractivity contribution in [3.05, 3.63) is 27.2 Å². The number of carbonyl (C=O) groups is 1. The Morgan fingerprint density at radius 2 is 2.05 bits per heavy atom. The van der Waals surface area contributed by atoms with Crippen LogP contribution < -0.4 is 10.6 Å². The third-order valence-electron chi connectivity index (χ3n) is 2.60. The number of amides is 1. The number of hydrogen-bond donors (Lipinski definition) is 2. The van der Waals surface area contributed by atoms with E-state index in [2.05, 4.69) is 26.6 Å². The Morgan fingerprint density at radius 3 is 2.62 bits per heavy atom. The third-order valence-corrected chi connectivity index (χ3v) is 3.66. The smallest absolute Gasteiger partial charge is 0.407 e. The van der Waals surface area contributed by atoms with E-state index >= 15 is 0 Å². The minimum Gasteiger partial charge on any atom is -0.444 e. The number of hydrogen-bond acceptors (Lipinski definition) is 3. The van der Waals surface area contributed by atoms with E-state index in [9.17, 15) is 4.79 Å². The summed E-state index contributed by atoms with van der Waals surface area (Å²) in [6, 6.07) is 3.86. The van der Waals surface area contributed by atoms with Crippen LogP contribution in [0.3, 0.4) is 0 Å². The predicted octanol–water partition coefficient (Wildman–Crippen LogP) is 4.74. The Labute approximate surface area is 139 Å². The molecule has 1 aromatic carbocycles. The number of rotatable bonds is 4. The van der Waals surface area contributed by atoms with Gasteiger partial charge in [0.2, 0.25) is 0 Å². The van der Waals surface area contributed by atoms with Gasteiger partial charge in [-0.3, -0.25) is 0 Å². The molecule has 1 unspecified atom stereocenters. The first-order valence-corrected chi connectivity index (χ1v) is 7.94. The van der Waals surface area contributed by atoms with E-state index in [-0.39, 0.29) is 6.04 Å². The Balaban J connectivity index is 2.53. The second-order valence-electron chi connectivity index (χ2n) is 6.01. The van der Waals surface area contributed by atoms with Gasteiger partial charge in [0.25, 0.3) is 0 Å². The van der Waals surface area contributed by atoms with Crippen LogP contribution in [-0.4, -0.2) is 24.3 Å². The Bertz CT molecular complexity index is 515. The lowest BCUT2D eigenvalue weighted by atomic mass is 10.2. The third kappa shape index (κ3) is 6.57. The molecule has 0 aliphatic rings. The first-order valence-electron chi connectivity index (χ1n) is 6.77. The normalized spacial score (nSPS) is 12.7. The van der Waals surface area contributed by atoms with Crippen LogP contribution in [0.4, 0.5) is 10.5 Å². The molecule has 1 atom stereocenters. The van der Waals surface area contributed by atoms with Crippen LogP contribution in [0.5, 0.6) is 0 Å². The molecule has 1 amide bonds. The summed E-state index contributed by atoms with van der Waals surface area (Å²) in [5.41, 5.74) is 1.41. The number of halogens is 2. The first-order chi connectivity index (χ1) is 9.58. The molecule has 0 aliphatic carbocycles. The Kier molecular flexibility index (Phi) is 6.35. The molecule has 0 heterocycles. The van der Waals surface area contributed by atoms with Crippen molar-refractivity contribution in [2.24, 2.45) is 0 Å². The highest BCUT2D eigenvalue weighted by Gasteiger charge is 2.16. The van der Waals surface area contributed by atoms with Crippen LogP contribution in [0, 0.1) is 6.92 Å². The molecule has 0 radical (unpaired) electrons. The van der Waals surface area contributed by atoms with Crippen LogP contribution in [0.15, 0.2) is 16.6 Å². The Morgan fingerprint density at radius 1 is 1.43 bits per heavy atom. The van der Waals surface area contributed by atoms with Gasteiger partial charge in [0.15, 0.2) is 0 Å². The highest BCUT2D eigenvalue weighted by molar-refractivity contribution is 9.10. The lowest BCUT2D eigenvalue weighted by Crippen LogP contribution is -2.38. The molecule has 0 aromatic heterocycles. The van der Waals surface area contributed by atoms with Crippen molar-refractivity contribution < 1.29 is 9.53 Å². The minimum absolute atomic E-state index is 0.0348. The summed E-state index contributed by atoms with van der Waals surface area (Å²) in [5, 5.41) is 6.73. The largest absolute Gasteiger partial charge is 0.444 e. The van der Waals surface area contributed by atoms with Gasteiger partial charge >= 0.3 is 6.09 Å². The van der Waals surface area contributed by atoms with Gasteiger partial charge in [-0.1, -0.05) is 11.6 Å². The standard InChI is InChI=1S/C15H22BrClN2O2/c1-9-6-11(16)13(7-12(9)17)19-10(2)8-18-14(20)21-15(3,4)5/h6-7,10,19H,8H2,1-5H3,(H,18,20). The molecule has 2 N–H and O–H groups in total. The van der Waals surface area contributed by atoms with E-state index in [1.807, 2.05) is 46.8 Å². The van der Waals surface area contributed by atoms with Crippen LogP contribution in [0.1, 0.15) is 33.3 Å². The van der Waals surface area contributed by atoms with Crippen LogP contribution >= 0.6 is 27.5 Å². The molecule has 6 heteroatoms. The summed E-state index contributed by atoms with van der Waals surface area (Å²) in [6.07, 6.45) is -0.419. The molecule has 0 spiro atoms. The van der Waals surface area contributed by atoms with E-state index in [0.29, 0.717) is 11.6 Å². The molecule has 21 heavy (non-hydrogen) atoms. The van der Waals surface area contributed by atoms with Crippen LogP contribution in [0.25, 0.3) is 0 Å². The quantitative estimate of drug-likeness (QED) is 0.797. The zero-order valence-electron chi connectivity index (χ0n) is 13.0. The van der Waals surface area contributed by atoms with Gasteiger partial charge in [-0.25, -0.2) is 4.79 Å². The van der Waals surface area contributed by atoms with Crippen molar-refractivity contribution in [1.82, 2.24) is 5.32 Å². The SMILES string of the molecule is Cc1cc(Br)c(NC(C)CNC(=O)OC(C)(C)C)cc1Cl. The Hall–Kier alpha value is -0.940. The molecule has 118 valence electrons. The first kappa shape index (κ1) is 18.1. The number of nitrogens with one attached hydrogen (secondary N) is 2. The van der Waals surface area contributed by atoms with Crippen molar-refractivity contribution in [3.8, 4) is 0 Å². The summed E-state index contributed by atoms with van der Waals surface area (Å²) >= 11 is 9.62. The van der Waals surface area contributed by atoms with Crippen molar-refractivity contribution in [1.29, 1.82) is 0 Å². The summed E-state index contributed by atoms with van der Waals surface area (Å²) in [6.45, 7) is 9.87. The molecule has 1 rings (SSSR count). The van der Waals surface area contributed by atoms with Crippen LogP contribution in [-0.2, 0) is 4.74 Å². The fourth-order valence-electron chi connectivity index (χ4n) is 1.62. The number of anilines is 1. The zero-order chi connectivity index (χ0) is 16.2. The van der Waals surface area contributed by atoms with Gasteiger partial charge in [0.05, 0.1) is 5.69 Å². The summed E-state index contributed by atoms with van der Waals surface area (Å²) in [4.78, 5) is 11.6. The highest BCUT2D eigenvalue weighted by atomic mass is 79.9. The van der Waals surface area contributed by atoms with Crippen molar-refractivity contribution in [3.63, 3.8) is 0 Å². The molecule has 0 fully saturated rings. The lowest BCUT2D eigenvalue weighted by Gasteiger charge is -2.22. The van der Waals surface area contributed by atoms with Gasteiger partial charge in [-0.2, -0.15) is 0 Å². The number of aryl methyl sites for hydroxylation is 1. The maximum Gasteiger partial charge on any atom is 0.407 e. The monoisotopic (exact) mass is 376 g/mol. The van der Waals surface area contributed by atoms with Crippen LogP contribution in [0.2, 0.25) is 5.02 Å². The molecular formula is C15H22BrClN2O2. The van der Waals surface area contributed by atoms with Gasteiger partial charge in [-0.05, 0) is 68.2 Å². The van der Waals surface area contributed by atoms with E-state index < -0.39 is 11.7 Å². The molecule has 1 aromatic rings. The maximum atomic E-state index is 11.6. The zero-order valence-corrected chi connectivity index (χ0v) is 15.4. The van der Waals surface area contributed by atoms with E-state index in [1.54, 1.807) is 0 Å². The van der Waals surface area contributed by atoms with Crippen molar-refractivity contribution in [2.45, 2.75) is 46.3 Å². The molecule has 0 aliphatic heterocycles. The number of alkyl carbamates (subject to hydrolysis) is 1. The fourth-order valence-corrected chi connectivity index (χ4v) is 2.36. The lowest BCUT2D eigenvalue weighted by molar-refractivity contribution is 0.0526. The van der Waals surface area contributed by atoms with E-state index in [4.69, 9.17) is 16.3 Å². The number of ether oxygens (including phenoxy) is 1. The maximum absolute atomic E-state index is 11.6. The second kappa shape index (κ2) is 7.36. The van der Waals surface area contributed by atoms with Gasteiger partial charge in [0, 0.05) is 22.1 Å². The number of carbonyl (C=O) groups excluding carboxylic acids is 1. The topological polar surface area (TPSA) is 50.4 Å². The highest BCUT2D eigenvalue weighted by Crippen LogP contribution is 2.29. The van der Waals surface area contributed by atoms with Gasteiger partial charge in [0.1, 0.15) is 5.60 Å². The van der Waals surface area contributed by atoms with E-state index in [1.165, 1.54) is 0 Å².